The fourth-order valence-corrected chi connectivity index (χ4v) is 3.71. The third-order valence-electron chi connectivity index (χ3n) is 4.73. The molecule has 110 valence electrons. The minimum atomic E-state index is -0.164. The number of aromatic nitrogens is 2. The molecule has 3 nitrogen and oxygen atoms in total. The molecule has 0 saturated heterocycles. The van der Waals surface area contributed by atoms with Crippen molar-refractivity contribution in [1.82, 2.24) is 9.97 Å². The Hall–Kier alpha value is -2.42. The van der Waals surface area contributed by atoms with Crippen molar-refractivity contribution in [3.8, 4) is 5.88 Å². The molecule has 0 bridgehead atoms. The molecule has 0 aliphatic heterocycles. The fourth-order valence-electron chi connectivity index (χ4n) is 3.71. The number of benzene rings is 2. The summed E-state index contributed by atoms with van der Waals surface area (Å²) < 4.78 is 0. The van der Waals surface area contributed by atoms with Gasteiger partial charge in [0.25, 0.3) is 0 Å². The van der Waals surface area contributed by atoms with Gasteiger partial charge in [-0.05, 0) is 36.5 Å². The second-order valence-corrected chi connectivity index (χ2v) is 6.35. The zero-order valence-corrected chi connectivity index (χ0v) is 12.5. The Kier molecular flexibility index (Phi) is 2.89. The van der Waals surface area contributed by atoms with E-state index in [1.54, 1.807) is 0 Å². The van der Waals surface area contributed by atoms with Gasteiger partial charge in [0.1, 0.15) is 5.82 Å². The minimum Gasteiger partial charge on any atom is -0.493 e. The first-order valence-corrected chi connectivity index (χ1v) is 7.71. The monoisotopic (exact) mass is 290 g/mol. The van der Waals surface area contributed by atoms with E-state index in [9.17, 15) is 5.11 Å². The SMILES string of the molecule is C[C@H]1C[C@](c2ccccc2)(c2nc(O)c3ccccc3n2)C1. The first-order valence-electron chi connectivity index (χ1n) is 7.71. The normalized spacial score (nSPS) is 24.1. The number of hydrogen-bond acceptors (Lipinski definition) is 3. The molecule has 4 rings (SSSR count). The molecule has 3 heteroatoms. The zero-order valence-electron chi connectivity index (χ0n) is 12.5. The lowest BCUT2D eigenvalue weighted by Gasteiger charge is -2.45. The molecule has 1 heterocycles. The number of hydrogen-bond donors (Lipinski definition) is 1. The summed E-state index contributed by atoms with van der Waals surface area (Å²) in [6, 6.07) is 18.0. The minimum absolute atomic E-state index is 0.0791. The van der Waals surface area contributed by atoms with Gasteiger partial charge in [-0.1, -0.05) is 49.4 Å². The van der Waals surface area contributed by atoms with Crippen LogP contribution < -0.4 is 0 Å². The van der Waals surface area contributed by atoms with E-state index >= 15 is 0 Å². The highest BCUT2D eigenvalue weighted by atomic mass is 16.3. The van der Waals surface area contributed by atoms with Crippen LogP contribution in [0.3, 0.4) is 0 Å². The molecule has 0 amide bonds. The molecule has 1 aromatic heterocycles. The maximum Gasteiger partial charge on any atom is 0.222 e. The highest BCUT2D eigenvalue weighted by molar-refractivity contribution is 5.83. The van der Waals surface area contributed by atoms with E-state index < -0.39 is 0 Å². The molecule has 2 aromatic carbocycles. The van der Waals surface area contributed by atoms with Crippen molar-refractivity contribution in [2.45, 2.75) is 25.2 Å². The van der Waals surface area contributed by atoms with Crippen LogP contribution in [0.2, 0.25) is 0 Å². The highest BCUT2D eigenvalue weighted by Gasteiger charge is 2.47. The summed E-state index contributed by atoms with van der Waals surface area (Å²) in [6.45, 7) is 2.25. The summed E-state index contributed by atoms with van der Waals surface area (Å²) in [4.78, 5) is 9.22. The first kappa shape index (κ1) is 13.3. The Labute approximate surface area is 129 Å². The van der Waals surface area contributed by atoms with Crippen LogP contribution in [0.25, 0.3) is 10.9 Å². The van der Waals surface area contributed by atoms with E-state index in [4.69, 9.17) is 4.98 Å². The largest absolute Gasteiger partial charge is 0.493 e. The average Bonchev–Trinajstić information content (AvgIpc) is 2.52. The predicted molar refractivity (Wildman–Crippen MR) is 86.8 cm³/mol. The molecule has 22 heavy (non-hydrogen) atoms. The topological polar surface area (TPSA) is 46.0 Å². The first-order chi connectivity index (χ1) is 10.7. The predicted octanol–water partition coefficient (Wildman–Crippen LogP) is 4.05. The number of nitrogens with zero attached hydrogens (tertiary/aromatic N) is 2. The third-order valence-corrected chi connectivity index (χ3v) is 4.73. The highest BCUT2D eigenvalue weighted by Crippen LogP contribution is 2.51. The van der Waals surface area contributed by atoms with Gasteiger partial charge in [0.15, 0.2) is 0 Å². The van der Waals surface area contributed by atoms with E-state index in [0.717, 1.165) is 24.2 Å². The Morgan fingerprint density at radius 1 is 0.955 bits per heavy atom. The number of para-hydroxylation sites is 1. The summed E-state index contributed by atoms with van der Waals surface area (Å²) in [5, 5.41) is 11.0. The third kappa shape index (κ3) is 1.89. The Morgan fingerprint density at radius 2 is 1.64 bits per heavy atom. The van der Waals surface area contributed by atoms with Gasteiger partial charge in [-0.2, -0.15) is 4.98 Å². The second kappa shape index (κ2) is 4.80. The number of aromatic hydroxyl groups is 1. The molecule has 1 aliphatic carbocycles. The van der Waals surface area contributed by atoms with Gasteiger partial charge in [0.05, 0.1) is 16.3 Å². The summed E-state index contributed by atoms with van der Waals surface area (Å²) in [5.41, 5.74) is 1.88. The molecular weight excluding hydrogens is 272 g/mol. The lowest BCUT2D eigenvalue weighted by Crippen LogP contribution is -2.42. The summed E-state index contributed by atoms with van der Waals surface area (Å²) in [7, 11) is 0. The van der Waals surface area contributed by atoms with Gasteiger partial charge in [-0.15, -0.1) is 0 Å². The van der Waals surface area contributed by atoms with Gasteiger partial charge in [0.2, 0.25) is 5.88 Å². The van der Waals surface area contributed by atoms with Gasteiger partial charge in [-0.25, -0.2) is 4.98 Å². The number of fused-ring (bicyclic) bond motifs is 1. The lowest BCUT2D eigenvalue weighted by molar-refractivity contribution is 0.188. The van der Waals surface area contributed by atoms with Crippen LogP contribution in [0.1, 0.15) is 31.2 Å². The lowest BCUT2D eigenvalue weighted by atomic mass is 9.58. The summed E-state index contributed by atoms with van der Waals surface area (Å²) in [5.74, 6) is 1.47. The number of rotatable bonds is 2. The standard InChI is InChI=1S/C19H18N2O/c1-13-11-19(12-13,14-7-3-2-4-8-14)18-20-16-10-6-5-9-15(16)17(22)21-18/h2-10,13H,11-12H2,1H3,(H,20,21,22)/t13-,19-. The summed E-state index contributed by atoms with van der Waals surface area (Å²) >= 11 is 0. The van der Waals surface area contributed by atoms with E-state index in [-0.39, 0.29) is 11.3 Å². The average molecular weight is 290 g/mol. The van der Waals surface area contributed by atoms with E-state index in [2.05, 4.69) is 36.2 Å². The molecule has 0 unspecified atom stereocenters. The van der Waals surface area contributed by atoms with E-state index in [0.29, 0.717) is 11.3 Å². The molecule has 1 N–H and O–H groups in total. The van der Waals surface area contributed by atoms with Crippen molar-refractivity contribution in [3.63, 3.8) is 0 Å². The van der Waals surface area contributed by atoms with Crippen molar-refractivity contribution in [3.05, 3.63) is 66.0 Å². The molecule has 1 aliphatic rings. The van der Waals surface area contributed by atoms with E-state index in [1.165, 1.54) is 5.56 Å². The van der Waals surface area contributed by atoms with Gasteiger partial charge >= 0.3 is 0 Å². The Balaban J connectivity index is 1.91. The molecule has 1 fully saturated rings. The van der Waals surface area contributed by atoms with Crippen molar-refractivity contribution >= 4 is 10.9 Å². The fraction of sp³-hybridized carbons (Fsp3) is 0.263. The van der Waals surface area contributed by atoms with E-state index in [1.807, 2.05) is 30.3 Å². The molecule has 0 atom stereocenters. The Bertz CT molecular complexity index is 823. The quantitative estimate of drug-likeness (QED) is 0.774. The van der Waals surface area contributed by atoms with Crippen molar-refractivity contribution in [2.24, 2.45) is 5.92 Å². The van der Waals surface area contributed by atoms with Crippen LogP contribution in [0.5, 0.6) is 5.88 Å². The van der Waals surface area contributed by atoms with Crippen molar-refractivity contribution < 1.29 is 5.11 Å². The van der Waals surface area contributed by atoms with Crippen molar-refractivity contribution in [1.29, 1.82) is 0 Å². The van der Waals surface area contributed by atoms with Gasteiger partial charge < -0.3 is 5.11 Å². The maximum absolute atomic E-state index is 10.3. The Morgan fingerprint density at radius 3 is 2.36 bits per heavy atom. The molecular formula is C19H18N2O. The zero-order chi connectivity index (χ0) is 15.2. The molecule has 0 spiro atoms. The molecule has 1 saturated carbocycles. The van der Waals surface area contributed by atoms with Gasteiger partial charge in [-0.3, -0.25) is 0 Å². The molecule has 3 aromatic rings. The van der Waals surface area contributed by atoms with Crippen LogP contribution in [-0.2, 0) is 5.41 Å². The molecule has 0 radical (unpaired) electrons. The summed E-state index contributed by atoms with van der Waals surface area (Å²) in [6.07, 6.45) is 2.05. The van der Waals surface area contributed by atoms with Crippen molar-refractivity contribution in [2.75, 3.05) is 0 Å². The van der Waals surface area contributed by atoms with Crippen LogP contribution in [0.15, 0.2) is 54.6 Å². The maximum atomic E-state index is 10.3. The van der Waals surface area contributed by atoms with Crippen LogP contribution >= 0.6 is 0 Å². The van der Waals surface area contributed by atoms with Gasteiger partial charge in [0, 0.05) is 0 Å². The van der Waals surface area contributed by atoms with Crippen LogP contribution in [0.4, 0.5) is 0 Å². The van der Waals surface area contributed by atoms with Crippen LogP contribution in [-0.4, -0.2) is 15.1 Å². The van der Waals surface area contributed by atoms with Crippen LogP contribution in [0, 0.1) is 5.92 Å². The second-order valence-electron chi connectivity index (χ2n) is 6.35. The smallest absolute Gasteiger partial charge is 0.222 e.